The van der Waals surface area contributed by atoms with Crippen LogP contribution in [0.25, 0.3) is 0 Å². The fourth-order valence-electron chi connectivity index (χ4n) is 3.80. The second-order valence-corrected chi connectivity index (χ2v) is 9.82. The second-order valence-electron chi connectivity index (χ2n) is 8.76. The van der Waals surface area contributed by atoms with E-state index in [4.69, 9.17) is 0 Å². The molecule has 1 aliphatic rings. The van der Waals surface area contributed by atoms with Gasteiger partial charge in [0.15, 0.2) is 0 Å². The molecule has 1 amide bonds. The number of carboxylic acid groups (broad SMARTS) is 1. The number of hydrogen-bond acceptors (Lipinski definition) is 3. The Hall–Kier alpha value is -2.27. The van der Waals surface area contributed by atoms with Gasteiger partial charge in [-0.25, -0.2) is 4.79 Å². The summed E-state index contributed by atoms with van der Waals surface area (Å²) in [6.45, 7) is 9.15. The van der Waals surface area contributed by atoms with Crippen molar-refractivity contribution in [1.29, 1.82) is 0 Å². The number of aliphatic carboxylic acids is 1. The lowest BCUT2D eigenvalue weighted by Gasteiger charge is -2.22. The van der Waals surface area contributed by atoms with Crippen LogP contribution in [0.1, 0.15) is 76.6 Å². The number of benzene rings is 1. The van der Waals surface area contributed by atoms with E-state index >= 15 is 0 Å². The van der Waals surface area contributed by atoms with Crippen LogP contribution in [-0.2, 0) is 4.79 Å². The molecule has 1 aromatic rings. The molecule has 1 saturated heterocycles. The normalized spacial score (nSPS) is 16.9. The van der Waals surface area contributed by atoms with Crippen molar-refractivity contribution in [2.75, 3.05) is 12.3 Å². The third kappa shape index (κ3) is 8.34. The molecule has 0 saturated carbocycles. The zero-order valence-corrected chi connectivity index (χ0v) is 20.7. The van der Waals surface area contributed by atoms with Crippen LogP contribution in [0.2, 0.25) is 0 Å². The molecule has 1 fully saturated rings. The third-order valence-electron chi connectivity index (χ3n) is 5.71. The smallest absolute Gasteiger partial charge is 0.326 e. The number of nitrogens with zero attached hydrogens (tertiary/aromatic N) is 1. The molecular formula is C27H37NO3S. The van der Waals surface area contributed by atoms with Crippen molar-refractivity contribution in [2.24, 2.45) is 0 Å². The van der Waals surface area contributed by atoms with E-state index in [-0.39, 0.29) is 5.91 Å². The number of allylic oxidation sites excluding steroid dienone is 5. The fourth-order valence-corrected chi connectivity index (χ4v) is 4.84. The minimum absolute atomic E-state index is 0.174. The van der Waals surface area contributed by atoms with Crippen LogP contribution in [0.4, 0.5) is 0 Å². The molecule has 0 radical (unpaired) electrons. The van der Waals surface area contributed by atoms with E-state index < -0.39 is 12.0 Å². The van der Waals surface area contributed by atoms with E-state index in [9.17, 15) is 14.7 Å². The van der Waals surface area contributed by atoms with E-state index in [1.165, 1.54) is 21.6 Å². The van der Waals surface area contributed by atoms with Crippen molar-refractivity contribution in [1.82, 2.24) is 4.90 Å². The first-order valence-electron chi connectivity index (χ1n) is 11.5. The Morgan fingerprint density at radius 3 is 2.38 bits per heavy atom. The maximum absolute atomic E-state index is 13.0. The van der Waals surface area contributed by atoms with Crippen molar-refractivity contribution in [3.63, 3.8) is 0 Å². The first-order chi connectivity index (χ1) is 15.3. The Labute approximate surface area is 197 Å². The average molecular weight is 456 g/mol. The molecule has 0 unspecified atom stereocenters. The van der Waals surface area contributed by atoms with Gasteiger partial charge < -0.3 is 10.0 Å². The minimum atomic E-state index is -0.916. The molecule has 1 N–H and O–H groups in total. The minimum Gasteiger partial charge on any atom is -0.480 e. The van der Waals surface area contributed by atoms with Gasteiger partial charge >= 0.3 is 5.97 Å². The van der Waals surface area contributed by atoms with Gasteiger partial charge in [-0.2, -0.15) is 0 Å². The highest BCUT2D eigenvalue weighted by molar-refractivity contribution is 7.99. The molecule has 5 heteroatoms. The Morgan fingerprint density at radius 2 is 1.69 bits per heavy atom. The highest BCUT2D eigenvalue weighted by Crippen LogP contribution is 2.27. The number of likely N-dealkylation sites (tertiary alicyclic amines) is 1. The molecule has 1 heterocycles. The standard InChI is InChI=1S/C27H37NO3S/c1-20(2)10-7-11-21(3)12-8-13-22(4)17-19-32-25-16-6-5-14-23(25)26(29)28-18-9-15-24(28)27(30)31/h5-6,10,12,14,16-17,24H,7-9,11,13,15,18-19H2,1-4H3,(H,30,31)/b21-12+,22-17+/t24-/m0/s1. The highest BCUT2D eigenvalue weighted by atomic mass is 32.2. The van der Waals surface area contributed by atoms with Crippen LogP contribution in [0.5, 0.6) is 0 Å². The van der Waals surface area contributed by atoms with Crippen LogP contribution in [0.15, 0.2) is 64.1 Å². The highest BCUT2D eigenvalue weighted by Gasteiger charge is 2.35. The molecule has 2 rings (SSSR count). The van der Waals surface area contributed by atoms with Crippen LogP contribution in [0, 0.1) is 0 Å². The molecule has 174 valence electrons. The zero-order chi connectivity index (χ0) is 23.5. The second kappa shape index (κ2) is 13.3. The third-order valence-corrected chi connectivity index (χ3v) is 6.71. The van der Waals surface area contributed by atoms with Crippen LogP contribution in [-0.4, -0.2) is 40.2 Å². The Kier molecular flexibility index (Phi) is 10.8. The summed E-state index contributed by atoms with van der Waals surface area (Å²) in [5.41, 5.74) is 4.77. The molecule has 0 aliphatic carbocycles. The number of amides is 1. The van der Waals surface area contributed by atoms with Crippen LogP contribution >= 0.6 is 11.8 Å². The molecule has 1 atom stereocenters. The Balaban J connectivity index is 1.89. The monoisotopic (exact) mass is 455 g/mol. The van der Waals surface area contributed by atoms with Gasteiger partial charge in [-0.15, -0.1) is 11.8 Å². The number of thioether (sulfide) groups is 1. The van der Waals surface area contributed by atoms with Gasteiger partial charge in [-0.05, 0) is 78.4 Å². The first-order valence-corrected chi connectivity index (χ1v) is 12.5. The average Bonchev–Trinajstić information content (AvgIpc) is 3.24. The van der Waals surface area contributed by atoms with E-state index in [0.29, 0.717) is 18.5 Å². The summed E-state index contributed by atoms with van der Waals surface area (Å²) in [5.74, 6) is -0.296. The van der Waals surface area contributed by atoms with Crippen LogP contribution < -0.4 is 0 Å². The SMILES string of the molecule is CC(C)=CCC/C(C)=C/CC/C(C)=C/CSc1ccccc1C(=O)N1CCC[C@H]1C(=O)O. The van der Waals surface area contributed by atoms with Gasteiger partial charge in [0.05, 0.1) is 5.56 Å². The zero-order valence-electron chi connectivity index (χ0n) is 19.9. The Morgan fingerprint density at radius 1 is 1.03 bits per heavy atom. The maximum atomic E-state index is 13.0. The molecule has 4 nitrogen and oxygen atoms in total. The summed E-state index contributed by atoms with van der Waals surface area (Å²) in [4.78, 5) is 26.9. The molecule has 32 heavy (non-hydrogen) atoms. The van der Waals surface area contributed by atoms with Gasteiger partial charge in [-0.1, -0.05) is 47.1 Å². The molecular weight excluding hydrogens is 418 g/mol. The number of rotatable bonds is 11. The lowest BCUT2D eigenvalue weighted by atomic mass is 10.1. The number of carboxylic acids is 1. The van der Waals surface area contributed by atoms with E-state index in [0.717, 1.165) is 42.8 Å². The molecule has 1 aliphatic heterocycles. The van der Waals surface area contributed by atoms with Crippen molar-refractivity contribution in [2.45, 2.75) is 77.2 Å². The first kappa shape index (κ1) is 26.0. The number of carbonyl (C=O) groups excluding carboxylic acids is 1. The van der Waals surface area contributed by atoms with Crippen molar-refractivity contribution < 1.29 is 14.7 Å². The quantitative estimate of drug-likeness (QED) is 0.292. The maximum Gasteiger partial charge on any atom is 0.326 e. The van der Waals surface area contributed by atoms with Crippen molar-refractivity contribution in [3.8, 4) is 0 Å². The van der Waals surface area contributed by atoms with Gasteiger partial charge in [0.25, 0.3) is 5.91 Å². The molecule has 0 bridgehead atoms. The largest absolute Gasteiger partial charge is 0.480 e. The summed E-state index contributed by atoms with van der Waals surface area (Å²) in [6, 6.07) is 6.82. The van der Waals surface area contributed by atoms with E-state index in [1.54, 1.807) is 17.8 Å². The van der Waals surface area contributed by atoms with Gasteiger partial charge in [0.1, 0.15) is 6.04 Å². The van der Waals surface area contributed by atoms with Gasteiger partial charge in [0, 0.05) is 17.2 Å². The molecule has 0 aromatic heterocycles. The predicted molar refractivity (Wildman–Crippen MR) is 134 cm³/mol. The summed E-state index contributed by atoms with van der Waals surface area (Å²) < 4.78 is 0. The lowest BCUT2D eigenvalue weighted by molar-refractivity contribution is -0.141. The topological polar surface area (TPSA) is 57.6 Å². The lowest BCUT2D eigenvalue weighted by Crippen LogP contribution is -2.40. The van der Waals surface area contributed by atoms with Crippen molar-refractivity contribution >= 4 is 23.6 Å². The van der Waals surface area contributed by atoms with Gasteiger partial charge in [-0.3, -0.25) is 4.79 Å². The summed E-state index contributed by atoms with van der Waals surface area (Å²) >= 11 is 1.63. The Bertz CT molecular complexity index is 881. The van der Waals surface area contributed by atoms with Crippen molar-refractivity contribution in [3.05, 3.63) is 64.8 Å². The summed E-state index contributed by atoms with van der Waals surface area (Å²) in [5, 5.41) is 9.41. The predicted octanol–water partition coefficient (Wildman–Crippen LogP) is 6.89. The van der Waals surface area contributed by atoms with Crippen LogP contribution in [0.3, 0.4) is 0 Å². The van der Waals surface area contributed by atoms with Gasteiger partial charge in [0.2, 0.25) is 0 Å². The van der Waals surface area contributed by atoms with E-state index in [1.807, 2.05) is 18.2 Å². The van der Waals surface area contributed by atoms with E-state index in [2.05, 4.69) is 45.9 Å². The molecule has 0 spiro atoms. The molecule has 1 aromatic carbocycles. The fraction of sp³-hybridized carbons (Fsp3) is 0.481. The summed E-state index contributed by atoms with van der Waals surface area (Å²) in [7, 11) is 0. The summed E-state index contributed by atoms with van der Waals surface area (Å²) in [6.07, 6.45) is 12.4. The number of hydrogen-bond donors (Lipinski definition) is 1. The number of carbonyl (C=O) groups is 2.